The molecule has 0 saturated carbocycles. The summed E-state index contributed by atoms with van der Waals surface area (Å²) in [6, 6.07) is 39.1. The maximum atomic E-state index is 3.53. The zero-order chi connectivity index (χ0) is 48.9. The highest BCUT2D eigenvalue weighted by atomic mass is 31.1. The zero-order valence-corrected chi connectivity index (χ0v) is 45.4. The molecule has 0 bridgehead atoms. The lowest BCUT2D eigenvalue weighted by Gasteiger charge is -2.30. The third kappa shape index (κ3) is 13.9. The fourth-order valence-electron chi connectivity index (χ4n) is 7.63. The van der Waals surface area contributed by atoms with Crippen LogP contribution < -0.4 is 10.6 Å². The second kappa shape index (κ2) is 20.3. The van der Waals surface area contributed by atoms with E-state index in [-0.39, 0.29) is 32.5 Å². The molecule has 0 aromatic heterocycles. The van der Waals surface area contributed by atoms with Crippen LogP contribution in [0.1, 0.15) is 180 Å². The van der Waals surface area contributed by atoms with Gasteiger partial charge >= 0.3 is 0 Å². The van der Waals surface area contributed by atoms with Crippen LogP contribution in [-0.2, 0) is 32.5 Å². The van der Waals surface area contributed by atoms with Crippen molar-refractivity contribution in [1.82, 2.24) is 0 Å². The maximum absolute atomic E-state index is 3.53. The summed E-state index contributed by atoms with van der Waals surface area (Å²) >= 11 is 0. The fourth-order valence-corrected chi connectivity index (χ4v) is 11.3. The Balaban J connectivity index is 1.50. The molecule has 0 radical (unpaired) electrons. The summed E-state index contributed by atoms with van der Waals surface area (Å²) in [5.74, 6) is 26.5. The van der Waals surface area contributed by atoms with Gasteiger partial charge in [0.15, 0.2) is 10.6 Å². The Morgan fingerprint density at radius 1 is 0.333 bits per heavy atom. The number of hydrogen-bond acceptors (Lipinski definition) is 0. The largest absolute Gasteiger partial charge is 0.204 e. The molecule has 5 rings (SSSR count). The highest BCUT2D eigenvalue weighted by molar-refractivity contribution is 7.51. The first-order chi connectivity index (χ1) is 30.5. The molecule has 2 heteroatoms. The van der Waals surface area contributed by atoms with Crippen LogP contribution in [-0.4, -0.2) is 10.6 Å². The predicted octanol–water partition coefficient (Wildman–Crippen LogP) is 14.6. The molecule has 5 aromatic rings. The summed E-state index contributed by atoms with van der Waals surface area (Å²) in [5.41, 5.74) is 12.4. The van der Waals surface area contributed by atoms with Gasteiger partial charge in [0.1, 0.15) is 16.4 Å². The van der Waals surface area contributed by atoms with Crippen LogP contribution in [0.5, 0.6) is 0 Å². The number of hydrogen-bond donors (Lipinski definition) is 0. The van der Waals surface area contributed by atoms with E-state index in [4.69, 9.17) is 0 Å². The monoisotopic (exact) mass is 905 g/mol. The van der Waals surface area contributed by atoms with Gasteiger partial charge in [-0.2, -0.15) is 0 Å². The number of benzene rings is 5. The van der Waals surface area contributed by atoms with Crippen LogP contribution in [0.25, 0.3) is 0 Å². The van der Waals surface area contributed by atoms with E-state index in [9.17, 15) is 0 Å². The molecule has 66 heavy (non-hydrogen) atoms. The first-order valence-corrected chi connectivity index (χ1v) is 25.5. The predicted molar refractivity (Wildman–Crippen MR) is 298 cm³/mol. The molecule has 5 aromatic carbocycles. The van der Waals surface area contributed by atoms with Crippen LogP contribution in [0.3, 0.4) is 0 Å². The standard InChI is InChI=1S/C64H72P2/c1-59(2,3)49-41-51(61(7,8)9)57(52(42-49)62(10,11)12)65-55(47-31-21-19-22-32-47)35-27-25-29-45-37-39-46(40-38-45)30-26-28-36-56(48-33-23-20-24-34-48)66-58-53(63(13,14)15)43-50(60(4,5)6)44-54(58)64(16,17)18/h19-24,31-34,37-44H,1-18H3/p+2. The van der Waals surface area contributed by atoms with Gasteiger partial charge in [0, 0.05) is 44.5 Å². The van der Waals surface area contributed by atoms with Crippen molar-refractivity contribution in [1.29, 1.82) is 0 Å². The van der Waals surface area contributed by atoms with Gasteiger partial charge in [-0.05, 0) is 128 Å². The average Bonchev–Trinajstić information content (AvgIpc) is 3.21. The van der Waals surface area contributed by atoms with E-state index >= 15 is 0 Å². The molecule has 2 atom stereocenters. The lowest BCUT2D eigenvalue weighted by Crippen LogP contribution is -2.30. The lowest BCUT2D eigenvalue weighted by atomic mass is 9.75. The van der Waals surface area contributed by atoms with Crippen LogP contribution in [0.2, 0.25) is 0 Å². The molecule has 2 unspecified atom stereocenters. The molecule has 0 aliphatic carbocycles. The van der Waals surface area contributed by atoms with Crippen molar-refractivity contribution >= 4 is 37.6 Å². The summed E-state index contributed by atoms with van der Waals surface area (Å²) in [6.45, 7) is 41.9. The molecular weight excluding hydrogens is 831 g/mol. The first-order valence-electron chi connectivity index (χ1n) is 23.5. The zero-order valence-electron chi connectivity index (χ0n) is 43.4. The van der Waals surface area contributed by atoms with Crippen LogP contribution in [0, 0.1) is 47.4 Å². The van der Waals surface area contributed by atoms with Gasteiger partial charge in [-0.15, -0.1) is 0 Å². The molecule has 0 nitrogen and oxygen atoms in total. The normalized spacial score (nSPS) is 12.7. The quantitative estimate of drug-likeness (QED) is 0.125. The third-order valence-electron chi connectivity index (χ3n) is 11.7. The van der Waals surface area contributed by atoms with E-state index in [0.717, 1.165) is 32.8 Å². The molecule has 0 spiro atoms. The SMILES string of the molecule is CC(C)(C)c1cc(C(C)(C)C)c([PH+]=C(C#CC#Cc2ccc(C#CC#CC(=[PH+]c3c(C(C)(C)C)cc(C(C)(C)C)cc3C(C)(C)C)c3ccccc3)cc2)c2ccccc2)c(C(C)(C)C)c1. The van der Waals surface area contributed by atoms with E-state index in [0.29, 0.717) is 16.4 Å². The molecule has 0 amide bonds. The Hall–Kier alpha value is -5.32. The van der Waals surface area contributed by atoms with Crippen LogP contribution >= 0.6 is 16.4 Å². The van der Waals surface area contributed by atoms with Crippen molar-refractivity contribution in [2.75, 3.05) is 0 Å². The maximum Gasteiger partial charge on any atom is 0.204 e. The van der Waals surface area contributed by atoms with Crippen molar-refractivity contribution in [2.24, 2.45) is 0 Å². The lowest BCUT2D eigenvalue weighted by molar-refractivity contribution is 0.553. The van der Waals surface area contributed by atoms with E-state index in [1.54, 1.807) is 0 Å². The van der Waals surface area contributed by atoms with Crippen molar-refractivity contribution in [2.45, 2.75) is 157 Å². The molecule has 0 heterocycles. The molecule has 0 N–H and O–H groups in total. The van der Waals surface area contributed by atoms with Gasteiger partial charge in [-0.1, -0.05) is 197 Å². The second-order valence-electron chi connectivity index (χ2n) is 23.7. The third-order valence-corrected chi connectivity index (χ3v) is 14.6. The number of rotatable bonds is 4. The van der Waals surface area contributed by atoms with Crippen LogP contribution in [0.15, 0.2) is 109 Å². The van der Waals surface area contributed by atoms with E-state index in [1.165, 1.54) is 44.0 Å². The fraction of sp³-hybridized carbons (Fsp3) is 0.375. The van der Waals surface area contributed by atoms with E-state index in [1.807, 2.05) is 24.3 Å². The second-order valence-corrected chi connectivity index (χ2v) is 26.2. The Labute approximate surface area is 404 Å². The van der Waals surface area contributed by atoms with Gasteiger partial charge in [-0.25, -0.2) is 0 Å². The highest BCUT2D eigenvalue weighted by Crippen LogP contribution is 2.37. The van der Waals surface area contributed by atoms with Gasteiger partial charge in [0.2, 0.25) is 10.6 Å². The van der Waals surface area contributed by atoms with Gasteiger partial charge in [0.05, 0.1) is 0 Å². The molecule has 0 aliphatic heterocycles. The molecule has 0 fully saturated rings. The van der Waals surface area contributed by atoms with Crippen molar-refractivity contribution in [3.63, 3.8) is 0 Å². The summed E-state index contributed by atoms with van der Waals surface area (Å²) in [4.78, 5) is 0. The topological polar surface area (TPSA) is 0 Å². The minimum absolute atomic E-state index is 0.0298. The average molecular weight is 905 g/mol. The van der Waals surface area contributed by atoms with E-state index in [2.05, 4.69) is 257 Å². The molecule has 0 saturated heterocycles. The Kier molecular flexibility index (Phi) is 15.9. The Morgan fingerprint density at radius 2 is 0.606 bits per heavy atom. The van der Waals surface area contributed by atoms with Gasteiger partial charge < -0.3 is 0 Å². The smallest absolute Gasteiger partial charge is 0.0622 e. The summed E-state index contributed by atoms with van der Waals surface area (Å²) in [7, 11) is 0.788. The molecule has 338 valence electrons. The Bertz CT molecular complexity index is 2590. The van der Waals surface area contributed by atoms with E-state index < -0.39 is 0 Å². The summed E-state index contributed by atoms with van der Waals surface area (Å²) in [5, 5.41) is 5.00. The minimum atomic E-state index is -0.0298. The molecular formula is C64H74P2+2. The van der Waals surface area contributed by atoms with Gasteiger partial charge in [-0.3, -0.25) is 0 Å². The van der Waals surface area contributed by atoms with Crippen molar-refractivity contribution in [3.8, 4) is 47.4 Å². The molecule has 0 aliphatic rings. The highest BCUT2D eigenvalue weighted by Gasteiger charge is 2.34. The van der Waals surface area contributed by atoms with Crippen LogP contribution in [0.4, 0.5) is 0 Å². The minimum Gasteiger partial charge on any atom is -0.0622 e. The first kappa shape index (κ1) is 51.7. The van der Waals surface area contributed by atoms with Crippen molar-refractivity contribution in [3.05, 3.63) is 165 Å². The summed E-state index contributed by atoms with van der Waals surface area (Å²) < 4.78 is 0. The van der Waals surface area contributed by atoms with Gasteiger partial charge in [0.25, 0.3) is 0 Å². The van der Waals surface area contributed by atoms with Crippen molar-refractivity contribution < 1.29 is 0 Å². The Morgan fingerprint density at radius 3 is 0.848 bits per heavy atom. The summed E-state index contributed by atoms with van der Waals surface area (Å²) in [6.07, 6.45) is 0.